The minimum Gasteiger partial charge on any atom is -0.483 e. The number of halogens is 3. The van der Waals surface area contributed by atoms with E-state index in [4.69, 9.17) is 4.74 Å². The molecule has 1 saturated heterocycles. The van der Waals surface area contributed by atoms with Crippen LogP contribution in [0.5, 0.6) is 5.75 Å². The Morgan fingerprint density at radius 3 is 2.43 bits per heavy atom. The van der Waals surface area contributed by atoms with Crippen LogP contribution in [0.15, 0.2) is 41.6 Å². The van der Waals surface area contributed by atoms with E-state index >= 15 is 0 Å². The number of carbonyl (C=O) groups is 2. The van der Waals surface area contributed by atoms with Crippen molar-refractivity contribution in [1.29, 1.82) is 0 Å². The molecule has 12 heteroatoms. The maximum absolute atomic E-state index is 14.5. The Balaban J connectivity index is 1.28. The van der Waals surface area contributed by atoms with Gasteiger partial charge in [0.25, 0.3) is 0 Å². The molecule has 2 amide bonds. The summed E-state index contributed by atoms with van der Waals surface area (Å²) in [5, 5.41) is 14.8. The van der Waals surface area contributed by atoms with Crippen molar-refractivity contribution >= 4 is 18.2 Å². The van der Waals surface area contributed by atoms with Crippen LogP contribution >= 0.6 is 0 Å². The summed E-state index contributed by atoms with van der Waals surface area (Å²) in [7, 11) is 0. The number of ether oxygens (including phenoxy) is 1. The molecule has 9 nitrogen and oxygen atoms in total. The van der Waals surface area contributed by atoms with E-state index in [1.54, 1.807) is 19.9 Å². The van der Waals surface area contributed by atoms with Crippen LogP contribution in [0.4, 0.5) is 18.0 Å². The highest BCUT2D eigenvalue weighted by Gasteiger charge is 2.39. The van der Waals surface area contributed by atoms with Gasteiger partial charge in [-0.3, -0.25) is 4.57 Å². The average molecular weight is 513 g/mol. The number of carbonyl (C=O) groups excluding carboxylic acids is 1. The zero-order valence-corrected chi connectivity index (χ0v) is 19.9. The number of benzene rings is 1. The van der Waals surface area contributed by atoms with E-state index in [-0.39, 0.29) is 30.4 Å². The monoisotopic (exact) mass is 513 g/mol. The standard InChI is InChI=1S/C25H22F3N5O4/c1-13-5-14(2)32(23(13)24(34)35)22-9-21(19(28)10-29-22)37-18-11-31(12-18)25(36)33-20(3-4-30-33)15-6-16(26)8-17(27)7-15/h4-10,18,20H,3,11-12H2,1-2H3,(H,34,35)/t20-/m0/s1. The largest absolute Gasteiger partial charge is 0.483 e. The normalized spacial score (nSPS) is 17.3. The molecule has 4 heterocycles. The van der Waals surface area contributed by atoms with E-state index in [0.717, 1.165) is 24.4 Å². The van der Waals surface area contributed by atoms with Gasteiger partial charge in [0.2, 0.25) is 0 Å². The zero-order chi connectivity index (χ0) is 26.4. The molecule has 0 saturated carbocycles. The quantitative estimate of drug-likeness (QED) is 0.551. The number of nitrogens with zero attached hydrogens (tertiary/aromatic N) is 5. The first-order valence-electron chi connectivity index (χ1n) is 11.4. The predicted molar refractivity (Wildman–Crippen MR) is 125 cm³/mol. The Hall–Kier alpha value is -4.35. The van der Waals surface area contributed by atoms with Gasteiger partial charge in [-0.05, 0) is 43.2 Å². The fourth-order valence-electron chi connectivity index (χ4n) is 4.62. The summed E-state index contributed by atoms with van der Waals surface area (Å²) in [5.74, 6) is -3.31. The Bertz CT molecular complexity index is 1410. The lowest BCUT2D eigenvalue weighted by Crippen LogP contribution is -2.58. The predicted octanol–water partition coefficient (Wildman–Crippen LogP) is 4.22. The number of pyridine rings is 1. The molecule has 1 atom stereocenters. The molecular weight excluding hydrogens is 491 g/mol. The molecule has 0 unspecified atom stereocenters. The maximum atomic E-state index is 14.5. The topological polar surface area (TPSA) is 100 Å². The molecule has 2 aliphatic heterocycles. The van der Waals surface area contributed by atoms with Crippen molar-refractivity contribution in [3.8, 4) is 11.6 Å². The van der Waals surface area contributed by atoms with Crippen molar-refractivity contribution in [3.63, 3.8) is 0 Å². The van der Waals surface area contributed by atoms with Crippen molar-refractivity contribution < 1.29 is 32.6 Å². The second-order valence-corrected chi connectivity index (χ2v) is 8.96. The summed E-state index contributed by atoms with van der Waals surface area (Å²) in [6, 6.07) is 4.98. The molecule has 0 radical (unpaired) electrons. The molecule has 0 aliphatic carbocycles. The van der Waals surface area contributed by atoms with Gasteiger partial charge < -0.3 is 14.7 Å². The van der Waals surface area contributed by atoms with Gasteiger partial charge in [-0.25, -0.2) is 32.8 Å². The van der Waals surface area contributed by atoms with Crippen LogP contribution in [0, 0.1) is 31.3 Å². The minimum atomic E-state index is -1.14. The Morgan fingerprint density at radius 1 is 1.05 bits per heavy atom. The number of likely N-dealkylation sites (tertiary alicyclic amines) is 1. The lowest BCUT2D eigenvalue weighted by Gasteiger charge is -2.41. The number of carboxylic acids is 1. The zero-order valence-electron chi connectivity index (χ0n) is 19.9. The Labute approximate surface area is 209 Å². The smallest absolute Gasteiger partial charge is 0.353 e. The fraction of sp³-hybridized carbons (Fsp3) is 0.280. The number of amides is 2. The molecule has 1 N–H and O–H groups in total. The second kappa shape index (κ2) is 9.26. The van der Waals surface area contributed by atoms with Crippen LogP contribution in [-0.2, 0) is 0 Å². The number of hydrogen-bond donors (Lipinski definition) is 1. The summed E-state index contributed by atoms with van der Waals surface area (Å²) >= 11 is 0. The molecule has 0 bridgehead atoms. The highest BCUT2D eigenvalue weighted by Crippen LogP contribution is 2.32. The first kappa shape index (κ1) is 24.3. The Kier molecular flexibility index (Phi) is 6.10. The molecule has 1 fully saturated rings. The molecule has 2 aromatic heterocycles. The van der Waals surface area contributed by atoms with Gasteiger partial charge in [-0.15, -0.1) is 0 Å². The number of urea groups is 1. The lowest BCUT2D eigenvalue weighted by molar-refractivity contribution is 0.0256. The number of hydrazone groups is 1. The first-order chi connectivity index (χ1) is 17.6. The van der Waals surface area contributed by atoms with E-state index in [1.807, 2.05) is 0 Å². The van der Waals surface area contributed by atoms with Gasteiger partial charge in [0.1, 0.15) is 29.3 Å². The summed E-state index contributed by atoms with van der Waals surface area (Å²) < 4.78 is 49.0. The molecule has 5 rings (SSSR count). The molecule has 0 spiro atoms. The van der Waals surface area contributed by atoms with Crippen LogP contribution < -0.4 is 4.74 Å². The SMILES string of the molecule is Cc1cc(C)n(-c2cc(OC3CN(C(=O)N4N=CC[C@H]4c4cc(F)cc(F)c4)C3)c(F)cn2)c1C(=O)O. The van der Waals surface area contributed by atoms with Crippen LogP contribution in [-0.4, -0.2) is 62.0 Å². The number of carboxylic acid groups (broad SMARTS) is 1. The molecular formula is C25H22F3N5O4. The number of hydrogen-bond acceptors (Lipinski definition) is 5. The van der Waals surface area contributed by atoms with Gasteiger partial charge in [-0.2, -0.15) is 5.10 Å². The number of aryl methyl sites for hydroxylation is 2. The molecule has 192 valence electrons. The van der Waals surface area contributed by atoms with E-state index in [2.05, 4.69) is 10.1 Å². The van der Waals surface area contributed by atoms with E-state index in [1.165, 1.54) is 26.8 Å². The van der Waals surface area contributed by atoms with Crippen molar-refractivity contribution in [3.05, 3.63) is 76.5 Å². The maximum Gasteiger partial charge on any atom is 0.353 e. The van der Waals surface area contributed by atoms with Crippen molar-refractivity contribution in [2.75, 3.05) is 13.1 Å². The third-order valence-corrected chi connectivity index (χ3v) is 6.32. The van der Waals surface area contributed by atoms with Crippen LogP contribution in [0.2, 0.25) is 0 Å². The third-order valence-electron chi connectivity index (χ3n) is 6.32. The van der Waals surface area contributed by atoms with Gasteiger partial charge in [-0.1, -0.05) is 0 Å². The summed E-state index contributed by atoms with van der Waals surface area (Å²) in [6.45, 7) is 3.64. The van der Waals surface area contributed by atoms with Crippen LogP contribution in [0.3, 0.4) is 0 Å². The second-order valence-electron chi connectivity index (χ2n) is 8.96. The summed E-state index contributed by atoms with van der Waals surface area (Å²) in [4.78, 5) is 30.2. The van der Waals surface area contributed by atoms with Crippen LogP contribution in [0.25, 0.3) is 5.82 Å². The van der Waals surface area contributed by atoms with Gasteiger partial charge in [0.05, 0.1) is 25.3 Å². The minimum absolute atomic E-state index is 0.0156. The summed E-state index contributed by atoms with van der Waals surface area (Å²) in [5.41, 5.74) is 1.45. The highest BCUT2D eigenvalue weighted by atomic mass is 19.1. The van der Waals surface area contributed by atoms with Crippen molar-refractivity contribution in [2.45, 2.75) is 32.4 Å². The van der Waals surface area contributed by atoms with E-state index in [9.17, 15) is 27.9 Å². The number of aromatic nitrogens is 2. The van der Waals surface area contributed by atoms with E-state index in [0.29, 0.717) is 23.2 Å². The highest BCUT2D eigenvalue weighted by molar-refractivity contribution is 5.88. The Morgan fingerprint density at radius 2 is 1.76 bits per heavy atom. The average Bonchev–Trinajstić information content (AvgIpc) is 3.40. The van der Waals surface area contributed by atoms with Crippen LogP contribution in [0.1, 0.15) is 39.8 Å². The van der Waals surface area contributed by atoms with E-state index < -0.39 is 41.6 Å². The lowest BCUT2D eigenvalue weighted by atomic mass is 10.0. The number of rotatable bonds is 5. The van der Waals surface area contributed by atoms with Crippen molar-refractivity contribution in [1.82, 2.24) is 19.5 Å². The molecule has 3 aromatic rings. The summed E-state index contributed by atoms with van der Waals surface area (Å²) in [6.07, 6.45) is 2.23. The molecule has 1 aromatic carbocycles. The fourth-order valence-corrected chi connectivity index (χ4v) is 4.62. The number of aromatic carboxylic acids is 1. The van der Waals surface area contributed by atoms with Crippen molar-refractivity contribution in [2.24, 2.45) is 5.10 Å². The third kappa shape index (κ3) is 4.50. The first-order valence-corrected chi connectivity index (χ1v) is 11.4. The van der Waals surface area contributed by atoms with Gasteiger partial charge in [0, 0.05) is 30.5 Å². The molecule has 2 aliphatic rings. The van der Waals surface area contributed by atoms with Gasteiger partial charge >= 0.3 is 12.0 Å². The molecule has 37 heavy (non-hydrogen) atoms. The van der Waals surface area contributed by atoms with Gasteiger partial charge in [0.15, 0.2) is 11.6 Å².